The number of rotatable bonds is 4. The van der Waals surface area contributed by atoms with Gasteiger partial charge in [0.15, 0.2) is 10.9 Å². The van der Waals surface area contributed by atoms with Crippen molar-refractivity contribution in [3.63, 3.8) is 0 Å². The Kier molecular flexibility index (Phi) is 4.87. The lowest BCUT2D eigenvalue weighted by atomic mass is 9.98. The van der Waals surface area contributed by atoms with Crippen molar-refractivity contribution < 1.29 is 9.59 Å². The summed E-state index contributed by atoms with van der Waals surface area (Å²) >= 11 is 4.74. The SMILES string of the molecule is Cc1cnc(NC(=O)c2ccccc2C(=O)c2ccc(Br)cc2)s1. The minimum atomic E-state index is -0.342. The minimum Gasteiger partial charge on any atom is -0.298 e. The molecule has 1 amide bonds. The van der Waals surface area contributed by atoms with Crippen LogP contribution in [0.4, 0.5) is 5.13 Å². The summed E-state index contributed by atoms with van der Waals surface area (Å²) in [7, 11) is 0. The largest absolute Gasteiger partial charge is 0.298 e. The fourth-order valence-corrected chi connectivity index (χ4v) is 3.14. The number of amides is 1. The monoisotopic (exact) mass is 400 g/mol. The molecule has 0 aliphatic carbocycles. The number of nitrogens with one attached hydrogen (secondary N) is 1. The van der Waals surface area contributed by atoms with Crippen molar-refractivity contribution >= 4 is 44.1 Å². The van der Waals surface area contributed by atoms with Gasteiger partial charge in [0, 0.05) is 26.7 Å². The standard InChI is InChI=1S/C18H13BrN2O2S/c1-11-10-20-18(24-11)21-17(23)15-5-3-2-4-14(15)16(22)12-6-8-13(19)9-7-12/h2-10H,1H3,(H,20,21,23). The Morgan fingerprint density at radius 3 is 2.33 bits per heavy atom. The van der Waals surface area contributed by atoms with E-state index in [2.05, 4.69) is 26.2 Å². The zero-order valence-corrected chi connectivity index (χ0v) is 15.1. The molecule has 0 bridgehead atoms. The number of carbonyl (C=O) groups is 2. The molecule has 1 aromatic heterocycles. The van der Waals surface area contributed by atoms with Crippen molar-refractivity contribution in [3.05, 3.63) is 80.8 Å². The molecule has 0 atom stereocenters. The van der Waals surface area contributed by atoms with Crippen molar-refractivity contribution in [1.82, 2.24) is 4.98 Å². The minimum absolute atomic E-state index is 0.191. The number of thiazole rings is 1. The molecule has 120 valence electrons. The number of hydrogen-bond acceptors (Lipinski definition) is 4. The maximum Gasteiger partial charge on any atom is 0.258 e. The molecule has 0 unspecified atom stereocenters. The number of anilines is 1. The zero-order valence-electron chi connectivity index (χ0n) is 12.7. The molecule has 3 rings (SSSR count). The number of halogens is 1. The fourth-order valence-electron chi connectivity index (χ4n) is 2.21. The van der Waals surface area contributed by atoms with E-state index in [1.165, 1.54) is 11.3 Å². The van der Waals surface area contributed by atoms with Gasteiger partial charge in [-0.1, -0.05) is 34.1 Å². The highest BCUT2D eigenvalue weighted by molar-refractivity contribution is 9.10. The Hall–Kier alpha value is -2.31. The van der Waals surface area contributed by atoms with Crippen LogP contribution < -0.4 is 5.32 Å². The van der Waals surface area contributed by atoms with Crippen LogP contribution in [0.25, 0.3) is 0 Å². The van der Waals surface area contributed by atoms with Gasteiger partial charge in [0.25, 0.3) is 5.91 Å². The number of carbonyl (C=O) groups excluding carboxylic acids is 2. The molecule has 2 aromatic carbocycles. The van der Waals surface area contributed by atoms with E-state index >= 15 is 0 Å². The lowest BCUT2D eigenvalue weighted by molar-refractivity contribution is 0.0996. The summed E-state index contributed by atoms with van der Waals surface area (Å²) in [5, 5.41) is 3.26. The smallest absolute Gasteiger partial charge is 0.258 e. The van der Waals surface area contributed by atoms with Crippen LogP contribution in [-0.2, 0) is 0 Å². The van der Waals surface area contributed by atoms with Gasteiger partial charge in [0.1, 0.15) is 0 Å². The Morgan fingerprint density at radius 1 is 1.04 bits per heavy atom. The summed E-state index contributed by atoms with van der Waals surface area (Å²) in [6.07, 6.45) is 1.69. The van der Waals surface area contributed by atoms with E-state index in [1.54, 1.807) is 54.7 Å². The number of nitrogens with zero attached hydrogens (tertiary/aromatic N) is 1. The van der Waals surface area contributed by atoms with Crippen molar-refractivity contribution in [3.8, 4) is 0 Å². The van der Waals surface area contributed by atoms with E-state index in [9.17, 15) is 9.59 Å². The summed E-state index contributed by atoms with van der Waals surface area (Å²) in [4.78, 5) is 30.4. The highest BCUT2D eigenvalue weighted by Gasteiger charge is 2.18. The highest BCUT2D eigenvalue weighted by Crippen LogP contribution is 2.20. The topological polar surface area (TPSA) is 59.1 Å². The lowest BCUT2D eigenvalue weighted by Crippen LogP contribution is -2.16. The third kappa shape index (κ3) is 3.60. The molecule has 0 saturated carbocycles. The average Bonchev–Trinajstić information content (AvgIpc) is 3.00. The number of benzene rings is 2. The Labute approximate surface area is 151 Å². The zero-order chi connectivity index (χ0) is 17.1. The quantitative estimate of drug-likeness (QED) is 0.645. The van der Waals surface area contributed by atoms with Gasteiger partial charge in [-0.05, 0) is 37.3 Å². The van der Waals surface area contributed by atoms with Crippen molar-refractivity contribution in [2.75, 3.05) is 5.32 Å². The number of ketones is 1. The van der Waals surface area contributed by atoms with Gasteiger partial charge in [-0.2, -0.15) is 0 Å². The summed E-state index contributed by atoms with van der Waals surface area (Å²) in [5.41, 5.74) is 1.23. The molecule has 0 fully saturated rings. The molecule has 0 spiro atoms. The molecule has 0 aliphatic rings. The lowest BCUT2D eigenvalue weighted by Gasteiger charge is -2.08. The van der Waals surface area contributed by atoms with Crippen LogP contribution in [0.5, 0.6) is 0 Å². The van der Waals surface area contributed by atoms with Crippen LogP contribution in [0.3, 0.4) is 0 Å². The third-order valence-corrected chi connectivity index (χ3v) is 4.72. The van der Waals surface area contributed by atoms with Gasteiger partial charge >= 0.3 is 0 Å². The Balaban J connectivity index is 1.91. The van der Waals surface area contributed by atoms with Crippen LogP contribution in [0.15, 0.2) is 59.2 Å². The van der Waals surface area contributed by atoms with Crippen LogP contribution in [0.2, 0.25) is 0 Å². The van der Waals surface area contributed by atoms with Crippen LogP contribution >= 0.6 is 27.3 Å². The molecule has 24 heavy (non-hydrogen) atoms. The molecule has 0 radical (unpaired) electrons. The van der Waals surface area contributed by atoms with Crippen molar-refractivity contribution in [1.29, 1.82) is 0 Å². The van der Waals surface area contributed by atoms with E-state index in [4.69, 9.17) is 0 Å². The molecule has 3 aromatic rings. The first-order valence-corrected chi connectivity index (χ1v) is 8.78. The second-order valence-electron chi connectivity index (χ2n) is 5.11. The normalized spacial score (nSPS) is 10.4. The first-order valence-electron chi connectivity index (χ1n) is 7.17. The fraction of sp³-hybridized carbons (Fsp3) is 0.0556. The molecular formula is C18H13BrN2O2S. The Bertz CT molecular complexity index is 903. The molecule has 1 heterocycles. The van der Waals surface area contributed by atoms with E-state index in [0.29, 0.717) is 21.8 Å². The van der Waals surface area contributed by atoms with Crippen molar-refractivity contribution in [2.24, 2.45) is 0 Å². The maximum absolute atomic E-state index is 12.7. The van der Waals surface area contributed by atoms with Gasteiger partial charge in [-0.15, -0.1) is 11.3 Å². The molecule has 1 N–H and O–H groups in total. The van der Waals surface area contributed by atoms with E-state index in [0.717, 1.165) is 9.35 Å². The second-order valence-corrected chi connectivity index (χ2v) is 7.26. The van der Waals surface area contributed by atoms with Crippen LogP contribution in [-0.4, -0.2) is 16.7 Å². The summed E-state index contributed by atoms with van der Waals surface area (Å²) in [5.74, 6) is -0.533. The van der Waals surface area contributed by atoms with Crippen LogP contribution in [0, 0.1) is 6.92 Å². The van der Waals surface area contributed by atoms with Gasteiger partial charge in [0.2, 0.25) is 0 Å². The van der Waals surface area contributed by atoms with Gasteiger partial charge in [-0.25, -0.2) is 4.98 Å². The maximum atomic E-state index is 12.7. The highest BCUT2D eigenvalue weighted by atomic mass is 79.9. The third-order valence-electron chi connectivity index (χ3n) is 3.36. The van der Waals surface area contributed by atoms with Gasteiger partial charge < -0.3 is 0 Å². The van der Waals surface area contributed by atoms with Gasteiger partial charge in [0.05, 0.1) is 5.56 Å². The predicted molar refractivity (Wildman–Crippen MR) is 98.8 cm³/mol. The molecular weight excluding hydrogens is 388 g/mol. The van der Waals surface area contributed by atoms with Gasteiger partial charge in [-0.3, -0.25) is 14.9 Å². The first kappa shape index (κ1) is 16.5. The number of aryl methyl sites for hydroxylation is 1. The molecule has 6 heteroatoms. The first-order chi connectivity index (χ1) is 11.5. The summed E-state index contributed by atoms with van der Waals surface area (Å²) in [6, 6.07) is 13.8. The number of aromatic nitrogens is 1. The molecule has 0 aliphatic heterocycles. The Morgan fingerprint density at radius 2 is 1.71 bits per heavy atom. The molecule has 4 nitrogen and oxygen atoms in total. The molecule has 0 saturated heterocycles. The summed E-state index contributed by atoms with van der Waals surface area (Å²) < 4.78 is 0.893. The van der Waals surface area contributed by atoms with Crippen LogP contribution in [0.1, 0.15) is 31.2 Å². The number of hydrogen-bond donors (Lipinski definition) is 1. The van der Waals surface area contributed by atoms with E-state index in [-0.39, 0.29) is 11.7 Å². The van der Waals surface area contributed by atoms with E-state index < -0.39 is 0 Å². The average molecular weight is 401 g/mol. The summed E-state index contributed by atoms with van der Waals surface area (Å²) in [6.45, 7) is 1.92. The van der Waals surface area contributed by atoms with Crippen molar-refractivity contribution in [2.45, 2.75) is 6.92 Å². The second kappa shape index (κ2) is 7.07. The van der Waals surface area contributed by atoms with E-state index in [1.807, 2.05) is 6.92 Å². The predicted octanol–water partition coefficient (Wildman–Crippen LogP) is 4.70.